The summed E-state index contributed by atoms with van der Waals surface area (Å²) in [7, 11) is 3.19. The third-order valence-electron chi connectivity index (χ3n) is 4.52. The largest absolute Gasteiger partial charge is 0.469 e. The molecule has 2 aromatic rings. The number of nitrogens with one attached hydrogen (secondary N) is 1. The number of pyridine rings is 1. The van der Waals surface area contributed by atoms with E-state index in [2.05, 4.69) is 30.3 Å². The second-order valence-electron chi connectivity index (χ2n) is 6.24. The average molecular weight is 500 g/mol. The number of aromatic nitrogens is 3. The molecule has 0 saturated carbocycles. The highest BCUT2D eigenvalue weighted by molar-refractivity contribution is 14.0. The quantitative estimate of drug-likeness (QED) is 0.287. The number of aliphatic imine (C=N–C) groups is 1. The molecule has 0 bridgehead atoms. The molecule has 10 heteroatoms. The molecule has 28 heavy (non-hydrogen) atoms. The van der Waals surface area contributed by atoms with Crippen LogP contribution < -0.4 is 5.32 Å². The van der Waals surface area contributed by atoms with Gasteiger partial charge in [0, 0.05) is 39.3 Å². The van der Waals surface area contributed by atoms with Crippen LogP contribution in [0.4, 0.5) is 0 Å². The summed E-state index contributed by atoms with van der Waals surface area (Å²) in [6.07, 6.45) is 3.83. The van der Waals surface area contributed by atoms with Gasteiger partial charge in [-0.3, -0.25) is 14.8 Å². The van der Waals surface area contributed by atoms with E-state index in [9.17, 15) is 4.79 Å². The Morgan fingerprint density at radius 1 is 1.39 bits per heavy atom. The highest BCUT2D eigenvalue weighted by Gasteiger charge is 2.26. The van der Waals surface area contributed by atoms with Gasteiger partial charge in [0.15, 0.2) is 11.8 Å². The van der Waals surface area contributed by atoms with Crippen LogP contribution in [0.3, 0.4) is 0 Å². The molecule has 3 heterocycles. The first-order valence-electron chi connectivity index (χ1n) is 8.98. The van der Waals surface area contributed by atoms with Gasteiger partial charge in [-0.05, 0) is 25.0 Å². The molecule has 1 aliphatic heterocycles. The Kier molecular flexibility index (Phi) is 8.61. The number of piperidine rings is 1. The number of carbonyl (C=O) groups excluding carboxylic acids is 1. The second kappa shape index (κ2) is 10.9. The highest BCUT2D eigenvalue weighted by atomic mass is 127. The zero-order valence-electron chi connectivity index (χ0n) is 16.0. The second-order valence-corrected chi connectivity index (χ2v) is 6.24. The maximum atomic E-state index is 11.6. The Morgan fingerprint density at radius 2 is 2.18 bits per heavy atom. The van der Waals surface area contributed by atoms with Crippen molar-refractivity contribution in [2.75, 3.05) is 33.8 Å². The summed E-state index contributed by atoms with van der Waals surface area (Å²) in [4.78, 5) is 26.7. The number of esters is 1. The smallest absolute Gasteiger partial charge is 0.308 e. The number of nitrogens with zero attached hydrogens (tertiary/aromatic N) is 5. The number of hydrogen-bond acceptors (Lipinski definition) is 7. The first kappa shape index (κ1) is 22.1. The van der Waals surface area contributed by atoms with E-state index < -0.39 is 0 Å². The average Bonchev–Trinajstić information content (AvgIpc) is 3.20. The standard InChI is InChI=1S/C18H24N6O3.HI/c1-19-18(24-11-7-13(8-12-24)17(25)26-2)21-10-6-15-22-16(27-23-15)14-5-3-4-9-20-14;/h3-5,9,13H,6-8,10-12H2,1-2H3,(H,19,21);1H. The third-order valence-corrected chi connectivity index (χ3v) is 4.52. The molecule has 1 fully saturated rings. The van der Waals surface area contributed by atoms with Gasteiger partial charge in [0.1, 0.15) is 5.69 Å². The SMILES string of the molecule is CN=C(NCCc1noc(-c2ccccn2)n1)N1CCC(C(=O)OC)CC1.I. The fourth-order valence-electron chi connectivity index (χ4n) is 3.06. The molecule has 9 nitrogen and oxygen atoms in total. The molecular weight excluding hydrogens is 475 g/mol. The monoisotopic (exact) mass is 500 g/mol. The molecule has 1 aliphatic rings. The van der Waals surface area contributed by atoms with Crippen molar-refractivity contribution in [1.82, 2.24) is 25.3 Å². The minimum Gasteiger partial charge on any atom is -0.469 e. The van der Waals surface area contributed by atoms with Crippen molar-refractivity contribution in [3.63, 3.8) is 0 Å². The molecule has 0 aliphatic carbocycles. The van der Waals surface area contributed by atoms with Crippen molar-refractivity contribution in [2.45, 2.75) is 19.3 Å². The fourth-order valence-corrected chi connectivity index (χ4v) is 3.06. The van der Waals surface area contributed by atoms with E-state index in [1.165, 1.54) is 7.11 Å². The first-order valence-corrected chi connectivity index (χ1v) is 8.98. The first-order chi connectivity index (χ1) is 13.2. The topological polar surface area (TPSA) is 106 Å². The Labute approximate surface area is 181 Å². The van der Waals surface area contributed by atoms with Crippen LogP contribution in [0.25, 0.3) is 11.6 Å². The summed E-state index contributed by atoms with van der Waals surface area (Å²) >= 11 is 0. The molecule has 1 saturated heterocycles. The van der Waals surface area contributed by atoms with Crippen LogP contribution in [-0.2, 0) is 16.0 Å². The molecule has 2 aromatic heterocycles. The molecule has 0 spiro atoms. The normalized spacial score (nSPS) is 15.1. The lowest BCUT2D eigenvalue weighted by atomic mass is 9.97. The van der Waals surface area contributed by atoms with E-state index in [1.54, 1.807) is 13.2 Å². The summed E-state index contributed by atoms with van der Waals surface area (Å²) in [5.41, 5.74) is 0.661. The van der Waals surface area contributed by atoms with E-state index in [1.807, 2.05) is 18.2 Å². The van der Waals surface area contributed by atoms with Crippen LogP contribution in [0.5, 0.6) is 0 Å². The molecule has 0 unspecified atom stereocenters. The molecular formula is C18H25IN6O3. The number of guanidine groups is 1. The molecule has 0 aromatic carbocycles. The highest BCUT2D eigenvalue weighted by Crippen LogP contribution is 2.18. The molecule has 0 radical (unpaired) electrons. The van der Waals surface area contributed by atoms with Crippen LogP contribution in [-0.4, -0.2) is 65.7 Å². The van der Waals surface area contributed by atoms with Crippen LogP contribution in [0.15, 0.2) is 33.9 Å². The van der Waals surface area contributed by atoms with Crippen LogP contribution in [0, 0.1) is 5.92 Å². The van der Waals surface area contributed by atoms with Crippen molar-refractivity contribution in [1.29, 1.82) is 0 Å². The van der Waals surface area contributed by atoms with Crippen LogP contribution in [0.1, 0.15) is 18.7 Å². The van der Waals surface area contributed by atoms with E-state index in [0.717, 1.165) is 31.9 Å². The maximum Gasteiger partial charge on any atom is 0.308 e. The van der Waals surface area contributed by atoms with Gasteiger partial charge in [-0.2, -0.15) is 4.98 Å². The van der Waals surface area contributed by atoms with Gasteiger partial charge in [-0.1, -0.05) is 11.2 Å². The summed E-state index contributed by atoms with van der Waals surface area (Å²) in [6.45, 7) is 2.17. The van der Waals surface area contributed by atoms with E-state index in [0.29, 0.717) is 30.4 Å². The van der Waals surface area contributed by atoms with Gasteiger partial charge >= 0.3 is 5.97 Å². The van der Waals surface area contributed by atoms with Crippen LogP contribution in [0.2, 0.25) is 0 Å². The zero-order valence-corrected chi connectivity index (χ0v) is 18.3. The van der Waals surface area contributed by atoms with Gasteiger partial charge < -0.3 is 19.5 Å². The minimum atomic E-state index is -0.126. The molecule has 0 amide bonds. The number of ether oxygens (including phenoxy) is 1. The maximum absolute atomic E-state index is 11.6. The minimum absolute atomic E-state index is 0. The summed E-state index contributed by atoms with van der Waals surface area (Å²) in [6, 6.07) is 5.54. The van der Waals surface area contributed by atoms with Crippen molar-refractivity contribution in [3.8, 4) is 11.6 Å². The lowest BCUT2D eigenvalue weighted by molar-refractivity contribution is -0.146. The number of hydrogen-bond donors (Lipinski definition) is 1. The van der Waals surface area contributed by atoms with Crippen molar-refractivity contribution in [2.24, 2.45) is 10.9 Å². The number of likely N-dealkylation sites (tertiary alicyclic amines) is 1. The number of rotatable bonds is 5. The molecule has 152 valence electrons. The van der Waals surface area contributed by atoms with E-state index in [4.69, 9.17) is 9.26 Å². The molecule has 3 rings (SSSR count). The Bertz CT molecular complexity index is 775. The number of methoxy groups -OCH3 is 1. The van der Waals surface area contributed by atoms with Gasteiger partial charge in [0.2, 0.25) is 0 Å². The Morgan fingerprint density at radius 3 is 2.82 bits per heavy atom. The Hall–Kier alpha value is -2.24. The lowest BCUT2D eigenvalue weighted by Crippen LogP contribution is -2.47. The van der Waals surface area contributed by atoms with Crippen molar-refractivity contribution in [3.05, 3.63) is 30.2 Å². The summed E-state index contributed by atoms with van der Waals surface area (Å²) in [5, 5.41) is 7.31. The summed E-state index contributed by atoms with van der Waals surface area (Å²) in [5.74, 6) is 1.70. The number of carbonyl (C=O) groups is 1. The van der Waals surface area contributed by atoms with Crippen LogP contribution >= 0.6 is 24.0 Å². The van der Waals surface area contributed by atoms with Crippen molar-refractivity contribution >= 4 is 35.9 Å². The number of halogens is 1. The molecule has 0 atom stereocenters. The lowest BCUT2D eigenvalue weighted by Gasteiger charge is -2.33. The third kappa shape index (κ3) is 5.63. The Balaban J connectivity index is 0.00000280. The van der Waals surface area contributed by atoms with E-state index >= 15 is 0 Å². The van der Waals surface area contributed by atoms with E-state index in [-0.39, 0.29) is 35.9 Å². The zero-order chi connectivity index (χ0) is 19.1. The summed E-state index contributed by atoms with van der Waals surface area (Å²) < 4.78 is 10.1. The predicted octanol–water partition coefficient (Wildman–Crippen LogP) is 1.75. The molecule has 1 N–H and O–H groups in total. The fraction of sp³-hybridized carbons (Fsp3) is 0.500. The van der Waals surface area contributed by atoms with Gasteiger partial charge in [0.05, 0.1) is 13.0 Å². The van der Waals surface area contributed by atoms with Gasteiger partial charge in [-0.15, -0.1) is 24.0 Å². The van der Waals surface area contributed by atoms with Crippen molar-refractivity contribution < 1.29 is 14.1 Å². The van der Waals surface area contributed by atoms with Gasteiger partial charge in [-0.25, -0.2) is 0 Å². The van der Waals surface area contributed by atoms with Gasteiger partial charge in [0.25, 0.3) is 5.89 Å². The predicted molar refractivity (Wildman–Crippen MR) is 114 cm³/mol.